The summed E-state index contributed by atoms with van der Waals surface area (Å²) in [5.74, 6) is -1.87. The second kappa shape index (κ2) is 10.6. The van der Waals surface area contributed by atoms with Crippen LogP contribution in [0.3, 0.4) is 0 Å². The maximum atomic E-state index is 14.6. The molecule has 0 saturated heterocycles. The van der Waals surface area contributed by atoms with Crippen molar-refractivity contribution >= 4 is 17.8 Å². The first-order chi connectivity index (χ1) is 16.8. The van der Waals surface area contributed by atoms with Crippen molar-refractivity contribution in [3.63, 3.8) is 0 Å². The Morgan fingerprint density at radius 2 is 1.86 bits per heavy atom. The van der Waals surface area contributed by atoms with Gasteiger partial charge in [-0.1, -0.05) is 50.3 Å². The Hall–Kier alpha value is -3.23. The van der Waals surface area contributed by atoms with E-state index in [0.717, 1.165) is 38.5 Å². The molecule has 9 heteroatoms. The van der Waals surface area contributed by atoms with E-state index in [1.54, 1.807) is 32.0 Å². The van der Waals surface area contributed by atoms with Crippen molar-refractivity contribution in [3.05, 3.63) is 53.1 Å². The van der Waals surface area contributed by atoms with Crippen LogP contribution in [0.4, 0.5) is 4.39 Å². The maximum absolute atomic E-state index is 14.6. The van der Waals surface area contributed by atoms with Gasteiger partial charge in [-0.2, -0.15) is 5.10 Å². The Kier molecular flexibility index (Phi) is 7.52. The molecule has 4 rings (SSSR count). The highest BCUT2D eigenvalue weighted by molar-refractivity contribution is 6.01. The predicted molar refractivity (Wildman–Crippen MR) is 127 cm³/mol. The largest absolute Gasteiger partial charge is 0.461 e. The normalized spacial score (nSPS) is 21.1. The smallest absolute Gasteiger partial charge is 0.358 e. The van der Waals surface area contributed by atoms with Crippen molar-refractivity contribution < 1.29 is 23.5 Å². The topological polar surface area (TPSA) is 93.5 Å². The molecule has 2 aromatic rings. The molecule has 8 nitrogen and oxygen atoms in total. The van der Waals surface area contributed by atoms with Gasteiger partial charge >= 0.3 is 5.97 Å². The molecule has 1 N–H and O–H groups in total. The van der Waals surface area contributed by atoms with Crippen LogP contribution in [-0.2, 0) is 22.6 Å². The average molecular weight is 485 g/mol. The lowest BCUT2D eigenvalue weighted by molar-refractivity contribution is -0.134. The summed E-state index contributed by atoms with van der Waals surface area (Å²) in [6.45, 7) is 3.50. The zero-order valence-electron chi connectivity index (χ0n) is 20.4. The summed E-state index contributed by atoms with van der Waals surface area (Å²) in [6, 6.07) is 7.62. The van der Waals surface area contributed by atoms with Crippen molar-refractivity contribution in [3.8, 4) is 0 Å². The van der Waals surface area contributed by atoms with Gasteiger partial charge in [-0.25, -0.2) is 9.18 Å². The Balaban J connectivity index is 1.67. The van der Waals surface area contributed by atoms with E-state index >= 15 is 0 Å². The summed E-state index contributed by atoms with van der Waals surface area (Å²) in [6.07, 6.45) is 7.39. The third kappa shape index (κ3) is 5.23. The molecule has 0 radical (unpaired) electrons. The van der Waals surface area contributed by atoms with Crippen LogP contribution in [0.15, 0.2) is 30.3 Å². The predicted octanol–water partition coefficient (Wildman–Crippen LogP) is 3.84. The highest BCUT2D eigenvalue weighted by atomic mass is 19.1. The SMILES string of the molecule is CCOC(=O)c1cc2n(n1)CC(C)(C(=O)NC1CCCCCCC1)N(Cc1ccccc1F)C2=O. The van der Waals surface area contributed by atoms with Crippen molar-refractivity contribution in [2.75, 3.05) is 6.61 Å². The molecule has 188 valence electrons. The van der Waals surface area contributed by atoms with Gasteiger partial charge in [0.2, 0.25) is 5.91 Å². The lowest BCUT2D eigenvalue weighted by Crippen LogP contribution is -2.64. The molecule has 1 aromatic heterocycles. The monoisotopic (exact) mass is 484 g/mol. The fraction of sp³-hybridized carbons (Fsp3) is 0.538. The molecule has 1 atom stereocenters. The van der Waals surface area contributed by atoms with Crippen LogP contribution in [-0.4, -0.2) is 50.7 Å². The molecule has 35 heavy (non-hydrogen) atoms. The first kappa shape index (κ1) is 24.9. The van der Waals surface area contributed by atoms with Crippen LogP contribution in [0, 0.1) is 5.82 Å². The second-order valence-corrected chi connectivity index (χ2v) is 9.57. The fourth-order valence-corrected chi connectivity index (χ4v) is 4.93. The molecule has 0 spiro atoms. The zero-order valence-corrected chi connectivity index (χ0v) is 20.4. The summed E-state index contributed by atoms with van der Waals surface area (Å²) in [5.41, 5.74) is -0.845. The van der Waals surface area contributed by atoms with Gasteiger partial charge in [-0.05, 0) is 32.8 Å². The molecular weight excluding hydrogens is 451 g/mol. The standard InChI is InChI=1S/C26H33FN4O4/c1-3-35-24(33)21-15-22-23(32)30(16-18-11-9-10-14-20(18)27)26(2,17-31(22)29-21)25(34)28-19-12-7-5-4-6-8-13-19/h9-11,14-15,19H,3-8,12-13,16-17H2,1-2H3,(H,28,34). The Labute approximate surface area is 204 Å². The minimum Gasteiger partial charge on any atom is -0.461 e. The molecule has 0 bridgehead atoms. The quantitative estimate of drug-likeness (QED) is 0.629. The number of aromatic nitrogens is 2. The van der Waals surface area contributed by atoms with Gasteiger partial charge in [0.15, 0.2) is 5.69 Å². The minimum atomic E-state index is -1.33. The Morgan fingerprint density at radius 1 is 1.17 bits per heavy atom. The van der Waals surface area contributed by atoms with Crippen molar-refractivity contribution in [1.82, 2.24) is 20.0 Å². The van der Waals surface area contributed by atoms with E-state index in [2.05, 4.69) is 10.4 Å². The van der Waals surface area contributed by atoms with Crippen LogP contribution in [0.2, 0.25) is 0 Å². The molecule has 1 aliphatic carbocycles. The first-order valence-electron chi connectivity index (χ1n) is 12.4. The molecule has 1 aromatic carbocycles. The lowest BCUT2D eigenvalue weighted by atomic mass is 9.91. The molecule has 1 saturated carbocycles. The maximum Gasteiger partial charge on any atom is 0.358 e. The van der Waals surface area contributed by atoms with E-state index in [1.807, 2.05) is 0 Å². The summed E-state index contributed by atoms with van der Waals surface area (Å²) in [4.78, 5) is 41.0. The number of hydrogen-bond donors (Lipinski definition) is 1. The average Bonchev–Trinajstić information content (AvgIpc) is 3.23. The second-order valence-electron chi connectivity index (χ2n) is 9.57. The zero-order chi connectivity index (χ0) is 25.0. The number of rotatable bonds is 6. The minimum absolute atomic E-state index is 0.00529. The van der Waals surface area contributed by atoms with E-state index in [0.29, 0.717) is 5.56 Å². The van der Waals surface area contributed by atoms with Crippen LogP contribution in [0.5, 0.6) is 0 Å². The number of carbonyl (C=O) groups is 3. The van der Waals surface area contributed by atoms with E-state index in [-0.39, 0.29) is 43.0 Å². The van der Waals surface area contributed by atoms with Gasteiger partial charge in [-0.3, -0.25) is 14.3 Å². The molecular formula is C26H33FN4O4. The fourth-order valence-electron chi connectivity index (χ4n) is 4.93. The van der Waals surface area contributed by atoms with Gasteiger partial charge < -0.3 is 15.0 Å². The van der Waals surface area contributed by atoms with Crippen LogP contribution < -0.4 is 5.32 Å². The molecule has 1 unspecified atom stereocenters. The third-order valence-corrected chi connectivity index (χ3v) is 7.00. The summed E-state index contributed by atoms with van der Waals surface area (Å²) < 4.78 is 21.0. The van der Waals surface area contributed by atoms with Crippen LogP contribution in [0.1, 0.15) is 85.3 Å². The molecule has 2 amide bonds. The van der Waals surface area contributed by atoms with E-state index < -0.39 is 23.2 Å². The summed E-state index contributed by atoms with van der Waals surface area (Å²) in [5, 5.41) is 7.44. The third-order valence-electron chi connectivity index (χ3n) is 7.00. The van der Waals surface area contributed by atoms with E-state index in [4.69, 9.17) is 4.74 Å². The number of nitrogens with zero attached hydrogens (tertiary/aromatic N) is 3. The van der Waals surface area contributed by atoms with Gasteiger partial charge in [0.05, 0.1) is 19.7 Å². The van der Waals surface area contributed by atoms with Crippen LogP contribution >= 0.6 is 0 Å². The lowest BCUT2D eigenvalue weighted by Gasteiger charge is -2.44. The number of fused-ring (bicyclic) bond motifs is 1. The van der Waals surface area contributed by atoms with Crippen LogP contribution in [0.25, 0.3) is 0 Å². The number of carbonyl (C=O) groups excluding carboxylic acids is 3. The number of amides is 2. The van der Waals surface area contributed by atoms with Crippen molar-refractivity contribution in [2.24, 2.45) is 0 Å². The van der Waals surface area contributed by atoms with Gasteiger partial charge in [0.1, 0.15) is 17.1 Å². The highest BCUT2D eigenvalue weighted by Crippen LogP contribution is 2.31. The number of halogens is 1. The number of hydrogen-bond acceptors (Lipinski definition) is 5. The number of ether oxygens (including phenoxy) is 1. The van der Waals surface area contributed by atoms with E-state index in [9.17, 15) is 18.8 Å². The Morgan fingerprint density at radius 3 is 2.54 bits per heavy atom. The van der Waals surface area contributed by atoms with Gasteiger partial charge in [0.25, 0.3) is 5.91 Å². The number of benzene rings is 1. The highest BCUT2D eigenvalue weighted by Gasteiger charge is 2.48. The van der Waals surface area contributed by atoms with Crippen molar-refractivity contribution in [2.45, 2.75) is 83.5 Å². The Bertz CT molecular complexity index is 1090. The van der Waals surface area contributed by atoms with E-state index in [1.165, 1.54) is 28.1 Å². The van der Waals surface area contributed by atoms with Crippen molar-refractivity contribution in [1.29, 1.82) is 0 Å². The summed E-state index contributed by atoms with van der Waals surface area (Å²) in [7, 11) is 0. The number of esters is 1. The van der Waals surface area contributed by atoms with Gasteiger partial charge in [0, 0.05) is 17.7 Å². The molecule has 1 aliphatic heterocycles. The van der Waals surface area contributed by atoms with Gasteiger partial charge in [-0.15, -0.1) is 0 Å². The first-order valence-corrected chi connectivity index (χ1v) is 12.4. The molecule has 2 aliphatic rings. The molecule has 1 fully saturated rings. The molecule has 2 heterocycles. The summed E-state index contributed by atoms with van der Waals surface area (Å²) >= 11 is 0. The number of nitrogens with one attached hydrogen (secondary N) is 1.